The highest BCUT2D eigenvalue weighted by Crippen LogP contribution is 2.24. The summed E-state index contributed by atoms with van der Waals surface area (Å²) in [6.07, 6.45) is 4.88. The Morgan fingerprint density at radius 1 is 0.757 bits per heavy atom. The minimum Gasteiger partial charge on any atom is -0.289 e. The molecule has 2 heterocycles. The van der Waals surface area contributed by atoms with Crippen LogP contribution in [0, 0.1) is 17.5 Å². The van der Waals surface area contributed by atoms with E-state index in [9.17, 15) is 18.0 Å². The minimum atomic E-state index is -0.428. The van der Waals surface area contributed by atoms with Gasteiger partial charge in [0.1, 0.15) is 17.5 Å². The van der Waals surface area contributed by atoms with Crippen LogP contribution in [0.5, 0.6) is 0 Å². The van der Waals surface area contributed by atoms with Crippen molar-refractivity contribution in [1.82, 2.24) is 19.9 Å². The number of carbonyl (C=O) groups excluding carboxylic acids is 1. The number of benzene rings is 3. The van der Waals surface area contributed by atoms with E-state index in [0.29, 0.717) is 41.1 Å². The van der Waals surface area contributed by atoms with Gasteiger partial charge in [0.15, 0.2) is 5.78 Å². The van der Waals surface area contributed by atoms with Crippen LogP contribution in [0.25, 0.3) is 12.2 Å². The molecular formula is C29H23F3N4O. The van der Waals surface area contributed by atoms with Crippen LogP contribution in [0.3, 0.4) is 0 Å². The van der Waals surface area contributed by atoms with Crippen LogP contribution in [-0.2, 0) is 17.9 Å². The predicted molar refractivity (Wildman–Crippen MR) is 135 cm³/mol. The van der Waals surface area contributed by atoms with Crippen LogP contribution in [0.1, 0.15) is 22.4 Å². The Bertz CT molecular complexity index is 1420. The molecular weight excluding hydrogens is 477 g/mol. The monoisotopic (exact) mass is 500 g/mol. The molecule has 0 saturated carbocycles. The molecule has 0 aliphatic carbocycles. The van der Waals surface area contributed by atoms with E-state index in [1.807, 2.05) is 4.90 Å². The van der Waals surface area contributed by atoms with Crippen LogP contribution in [0.4, 0.5) is 13.2 Å². The zero-order chi connectivity index (χ0) is 25.8. The number of piperidine rings is 1. The molecule has 1 fully saturated rings. The summed E-state index contributed by atoms with van der Waals surface area (Å²) < 4.78 is 43.5. The van der Waals surface area contributed by atoms with E-state index in [4.69, 9.17) is 0 Å². The van der Waals surface area contributed by atoms with Crippen molar-refractivity contribution in [3.05, 3.63) is 130 Å². The number of Topliss-reactive ketones (excluding diaryl/α,β-unsaturated/α-hetero) is 1. The molecule has 5 nitrogen and oxygen atoms in total. The van der Waals surface area contributed by atoms with Crippen molar-refractivity contribution in [3.8, 4) is 0 Å². The molecule has 0 radical (unpaired) electrons. The lowest BCUT2D eigenvalue weighted by Gasteiger charge is -2.29. The molecule has 1 aliphatic heterocycles. The maximum atomic E-state index is 14.3. The van der Waals surface area contributed by atoms with Crippen molar-refractivity contribution < 1.29 is 18.0 Å². The molecule has 1 saturated heterocycles. The number of rotatable bonds is 6. The largest absolute Gasteiger partial charge is 0.289 e. The molecule has 0 atom stereocenters. The maximum Gasteiger partial charge on any atom is 0.187 e. The summed E-state index contributed by atoms with van der Waals surface area (Å²) in [7, 11) is 0. The Balaban J connectivity index is 1.41. The summed E-state index contributed by atoms with van der Waals surface area (Å²) in [6.45, 7) is 1.35. The Hall–Kier alpha value is -4.30. The fraction of sp³-hybridized carbons (Fsp3) is 0.138. The molecule has 3 aromatic carbocycles. The highest BCUT2D eigenvalue weighted by molar-refractivity contribution is 6.14. The average Bonchev–Trinajstić information content (AvgIpc) is 3.32. The number of carbonyl (C=O) groups is 1. The highest BCUT2D eigenvalue weighted by Gasteiger charge is 2.27. The number of aromatic nitrogens is 3. The second-order valence-electron chi connectivity index (χ2n) is 8.89. The van der Waals surface area contributed by atoms with Crippen molar-refractivity contribution in [2.75, 3.05) is 13.1 Å². The van der Waals surface area contributed by atoms with Gasteiger partial charge >= 0.3 is 0 Å². The number of nitrogens with zero attached hydrogens (tertiary/aromatic N) is 4. The molecule has 4 aromatic rings. The normalized spacial score (nSPS) is 16.6. The van der Waals surface area contributed by atoms with Gasteiger partial charge in [0, 0.05) is 41.9 Å². The molecule has 8 heteroatoms. The zero-order valence-electron chi connectivity index (χ0n) is 19.8. The Morgan fingerprint density at radius 2 is 1.32 bits per heavy atom. The lowest BCUT2D eigenvalue weighted by atomic mass is 9.94. The molecule has 5 rings (SSSR count). The average molecular weight is 501 g/mol. The molecule has 1 aromatic heterocycles. The topological polar surface area (TPSA) is 51.0 Å². The molecule has 0 unspecified atom stereocenters. The van der Waals surface area contributed by atoms with Crippen molar-refractivity contribution in [2.24, 2.45) is 0 Å². The molecule has 1 aliphatic rings. The predicted octanol–water partition coefficient (Wildman–Crippen LogP) is 5.30. The Labute approximate surface area is 212 Å². The van der Waals surface area contributed by atoms with Gasteiger partial charge in [-0.1, -0.05) is 53.7 Å². The van der Waals surface area contributed by atoms with E-state index in [2.05, 4.69) is 10.3 Å². The standard InChI is InChI=1S/C29H23F3N4O/c30-25-11-9-20(10-12-25)15-36-19-26(33-34-36)18-35-16-23(13-21-5-1-3-7-27(21)31)29(37)24(17-35)14-22-6-2-4-8-28(22)32/h1-14,19H,15-18H2. The van der Waals surface area contributed by atoms with Gasteiger partial charge in [-0.2, -0.15) is 0 Å². The van der Waals surface area contributed by atoms with Crippen LogP contribution < -0.4 is 0 Å². The second kappa shape index (κ2) is 10.8. The summed E-state index contributed by atoms with van der Waals surface area (Å²) in [4.78, 5) is 15.3. The third kappa shape index (κ3) is 5.92. The third-order valence-corrected chi connectivity index (χ3v) is 6.07. The van der Waals surface area contributed by atoms with Gasteiger partial charge < -0.3 is 0 Å². The summed E-state index contributed by atoms with van der Waals surface area (Å²) in [6, 6.07) is 18.6. The van der Waals surface area contributed by atoms with Crippen LogP contribution in [0.15, 0.2) is 90.1 Å². The number of ketones is 1. The number of likely N-dealkylation sites (tertiary alicyclic amines) is 1. The summed E-state index contributed by atoms with van der Waals surface area (Å²) >= 11 is 0. The van der Waals surface area contributed by atoms with Gasteiger partial charge in [-0.15, -0.1) is 5.10 Å². The van der Waals surface area contributed by atoms with Crippen molar-refractivity contribution >= 4 is 17.9 Å². The first-order valence-electron chi connectivity index (χ1n) is 11.8. The highest BCUT2D eigenvalue weighted by atomic mass is 19.1. The van der Waals surface area contributed by atoms with Crippen molar-refractivity contribution in [3.63, 3.8) is 0 Å². The summed E-state index contributed by atoms with van der Waals surface area (Å²) in [5.74, 6) is -1.41. The van der Waals surface area contributed by atoms with Gasteiger partial charge in [-0.3, -0.25) is 9.69 Å². The van der Waals surface area contributed by atoms with Gasteiger partial charge in [-0.05, 0) is 42.0 Å². The first-order chi connectivity index (χ1) is 17.9. The van der Waals surface area contributed by atoms with E-state index in [-0.39, 0.29) is 24.7 Å². The quantitative estimate of drug-likeness (QED) is 0.338. The van der Waals surface area contributed by atoms with Crippen LogP contribution in [-0.4, -0.2) is 38.8 Å². The summed E-state index contributed by atoms with van der Waals surface area (Å²) in [5, 5.41) is 8.40. The summed E-state index contributed by atoms with van der Waals surface area (Å²) in [5.41, 5.74) is 2.97. The molecule has 0 bridgehead atoms. The van der Waals surface area contributed by atoms with Crippen LogP contribution >= 0.6 is 0 Å². The Kier molecular flexibility index (Phi) is 7.09. The number of hydrogen-bond acceptors (Lipinski definition) is 4. The first kappa shape index (κ1) is 24.4. The number of halogens is 3. The van der Waals surface area contributed by atoms with E-state index < -0.39 is 11.6 Å². The lowest BCUT2D eigenvalue weighted by molar-refractivity contribution is -0.113. The SMILES string of the molecule is O=C1C(=Cc2ccccc2F)CN(Cc2cn(Cc3ccc(F)cc3)nn2)CC1=Cc1ccccc1F. The minimum absolute atomic E-state index is 0.247. The lowest BCUT2D eigenvalue weighted by Crippen LogP contribution is -2.37. The van der Waals surface area contributed by atoms with Gasteiger partial charge in [0.25, 0.3) is 0 Å². The van der Waals surface area contributed by atoms with Gasteiger partial charge in [-0.25, -0.2) is 17.9 Å². The van der Waals surface area contributed by atoms with Crippen molar-refractivity contribution in [1.29, 1.82) is 0 Å². The molecule has 0 spiro atoms. The molecule has 37 heavy (non-hydrogen) atoms. The molecule has 186 valence electrons. The second-order valence-corrected chi connectivity index (χ2v) is 8.89. The molecule has 0 N–H and O–H groups in total. The smallest absolute Gasteiger partial charge is 0.187 e. The maximum absolute atomic E-state index is 14.3. The fourth-order valence-corrected chi connectivity index (χ4v) is 4.28. The van der Waals surface area contributed by atoms with E-state index in [1.165, 1.54) is 24.3 Å². The van der Waals surface area contributed by atoms with E-state index >= 15 is 0 Å². The zero-order valence-corrected chi connectivity index (χ0v) is 19.8. The fourth-order valence-electron chi connectivity index (χ4n) is 4.28. The first-order valence-corrected chi connectivity index (χ1v) is 11.8. The van der Waals surface area contributed by atoms with Crippen molar-refractivity contribution in [2.45, 2.75) is 13.1 Å². The van der Waals surface area contributed by atoms with E-state index in [1.54, 1.807) is 71.6 Å². The Morgan fingerprint density at radius 3 is 1.89 bits per heavy atom. The van der Waals surface area contributed by atoms with Gasteiger partial charge in [0.05, 0.1) is 18.4 Å². The number of hydrogen-bond donors (Lipinski definition) is 0. The van der Waals surface area contributed by atoms with Gasteiger partial charge in [0.2, 0.25) is 0 Å². The van der Waals surface area contributed by atoms with Crippen LogP contribution in [0.2, 0.25) is 0 Å². The third-order valence-electron chi connectivity index (χ3n) is 6.07. The molecule has 0 amide bonds. The van der Waals surface area contributed by atoms with E-state index in [0.717, 1.165) is 5.56 Å².